The Labute approximate surface area is 83.1 Å². The van der Waals surface area contributed by atoms with E-state index in [1.165, 1.54) is 0 Å². The van der Waals surface area contributed by atoms with Gasteiger partial charge in [0.15, 0.2) is 0 Å². The highest BCUT2D eigenvalue weighted by Crippen LogP contribution is 2.45. The number of anilines is 1. The standard InChI is InChI=1S/C10H15N3O/c1-11-7-10(3-4-10)9(14)13-8-2-5-12-6-8/h2,5-6,11-12H,3-4,7H2,1H3,(H,13,14). The number of aromatic amines is 1. The minimum absolute atomic E-state index is 0.131. The highest BCUT2D eigenvalue weighted by molar-refractivity contribution is 5.97. The summed E-state index contributed by atoms with van der Waals surface area (Å²) in [6.45, 7) is 0.767. The van der Waals surface area contributed by atoms with Crippen LogP contribution in [0.5, 0.6) is 0 Å². The molecule has 0 saturated heterocycles. The Balaban J connectivity index is 1.96. The number of amides is 1. The van der Waals surface area contributed by atoms with Crippen LogP contribution < -0.4 is 10.6 Å². The topological polar surface area (TPSA) is 56.9 Å². The van der Waals surface area contributed by atoms with E-state index >= 15 is 0 Å². The average molecular weight is 193 g/mol. The van der Waals surface area contributed by atoms with Crippen molar-refractivity contribution in [3.8, 4) is 0 Å². The van der Waals surface area contributed by atoms with Gasteiger partial charge in [0, 0.05) is 18.9 Å². The number of carbonyl (C=O) groups is 1. The molecule has 1 saturated carbocycles. The fourth-order valence-electron chi connectivity index (χ4n) is 1.64. The summed E-state index contributed by atoms with van der Waals surface area (Å²) in [5.41, 5.74) is 0.698. The van der Waals surface area contributed by atoms with E-state index in [0.29, 0.717) is 0 Å². The zero-order chi connectivity index (χ0) is 10.0. The van der Waals surface area contributed by atoms with Crippen LogP contribution in [0.25, 0.3) is 0 Å². The van der Waals surface area contributed by atoms with E-state index in [2.05, 4.69) is 15.6 Å². The van der Waals surface area contributed by atoms with Gasteiger partial charge in [-0.05, 0) is 26.0 Å². The van der Waals surface area contributed by atoms with Crippen molar-refractivity contribution in [2.24, 2.45) is 5.41 Å². The van der Waals surface area contributed by atoms with Crippen molar-refractivity contribution < 1.29 is 4.79 Å². The van der Waals surface area contributed by atoms with E-state index in [-0.39, 0.29) is 11.3 Å². The van der Waals surface area contributed by atoms with Crippen LogP contribution in [-0.2, 0) is 4.79 Å². The lowest BCUT2D eigenvalue weighted by Crippen LogP contribution is -2.32. The number of H-pyrrole nitrogens is 1. The Morgan fingerprint density at radius 2 is 2.43 bits per heavy atom. The molecular formula is C10H15N3O. The molecule has 0 bridgehead atoms. The van der Waals surface area contributed by atoms with Crippen molar-refractivity contribution in [2.45, 2.75) is 12.8 Å². The Bertz CT molecular complexity index is 314. The minimum Gasteiger partial charge on any atom is -0.366 e. The van der Waals surface area contributed by atoms with Crippen molar-refractivity contribution in [3.63, 3.8) is 0 Å². The summed E-state index contributed by atoms with van der Waals surface area (Å²) in [5.74, 6) is 0.131. The summed E-state index contributed by atoms with van der Waals surface area (Å²) in [6, 6.07) is 1.85. The Kier molecular flexibility index (Phi) is 2.29. The smallest absolute Gasteiger partial charge is 0.231 e. The van der Waals surface area contributed by atoms with E-state index in [0.717, 1.165) is 25.1 Å². The van der Waals surface area contributed by atoms with Crippen LogP contribution in [0.1, 0.15) is 12.8 Å². The van der Waals surface area contributed by atoms with E-state index < -0.39 is 0 Å². The van der Waals surface area contributed by atoms with Gasteiger partial charge in [-0.2, -0.15) is 0 Å². The maximum Gasteiger partial charge on any atom is 0.231 e. The molecular weight excluding hydrogens is 178 g/mol. The predicted octanol–water partition coefficient (Wildman–Crippen LogP) is 0.953. The summed E-state index contributed by atoms with van der Waals surface area (Å²) in [7, 11) is 1.88. The third-order valence-corrected chi connectivity index (χ3v) is 2.71. The van der Waals surface area contributed by atoms with Crippen molar-refractivity contribution >= 4 is 11.6 Å². The SMILES string of the molecule is CNCC1(C(=O)Nc2cc[nH]c2)CC1. The molecule has 1 aromatic rings. The van der Waals surface area contributed by atoms with Crippen molar-refractivity contribution in [3.05, 3.63) is 18.5 Å². The monoisotopic (exact) mass is 193 g/mol. The zero-order valence-electron chi connectivity index (χ0n) is 8.26. The molecule has 1 heterocycles. The molecule has 4 heteroatoms. The first-order chi connectivity index (χ1) is 6.77. The first-order valence-corrected chi connectivity index (χ1v) is 4.86. The van der Waals surface area contributed by atoms with Crippen LogP contribution in [0.4, 0.5) is 5.69 Å². The molecule has 0 aliphatic heterocycles. The summed E-state index contributed by atoms with van der Waals surface area (Å²) in [6.07, 6.45) is 5.56. The molecule has 0 atom stereocenters. The molecule has 1 aliphatic rings. The maximum atomic E-state index is 11.8. The third-order valence-electron chi connectivity index (χ3n) is 2.71. The molecule has 1 fully saturated rings. The molecule has 4 nitrogen and oxygen atoms in total. The lowest BCUT2D eigenvalue weighted by molar-refractivity contribution is -0.120. The van der Waals surface area contributed by atoms with Gasteiger partial charge in [-0.25, -0.2) is 0 Å². The molecule has 1 aromatic heterocycles. The van der Waals surface area contributed by atoms with E-state index in [1.807, 2.05) is 13.1 Å². The van der Waals surface area contributed by atoms with Gasteiger partial charge in [-0.15, -0.1) is 0 Å². The molecule has 0 radical (unpaired) electrons. The predicted molar refractivity (Wildman–Crippen MR) is 55.0 cm³/mol. The number of rotatable bonds is 4. The molecule has 1 aliphatic carbocycles. The van der Waals surface area contributed by atoms with Gasteiger partial charge in [-0.3, -0.25) is 4.79 Å². The number of carbonyl (C=O) groups excluding carboxylic acids is 1. The summed E-state index contributed by atoms with van der Waals surface area (Å²) < 4.78 is 0. The molecule has 0 unspecified atom stereocenters. The number of nitrogens with one attached hydrogen (secondary N) is 3. The van der Waals surface area contributed by atoms with Crippen LogP contribution in [-0.4, -0.2) is 24.5 Å². The Morgan fingerprint density at radius 3 is 2.93 bits per heavy atom. The molecule has 3 N–H and O–H groups in total. The van der Waals surface area contributed by atoms with Crippen LogP contribution in [0.3, 0.4) is 0 Å². The number of aromatic nitrogens is 1. The Hall–Kier alpha value is -1.29. The van der Waals surface area contributed by atoms with Crippen molar-refractivity contribution in [1.82, 2.24) is 10.3 Å². The van der Waals surface area contributed by atoms with E-state index in [9.17, 15) is 4.79 Å². The Morgan fingerprint density at radius 1 is 1.64 bits per heavy atom. The first kappa shape index (κ1) is 9.27. The van der Waals surface area contributed by atoms with Gasteiger partial charge in [0.1, 0.15) is 0 Å². The molecule has 0 spiro atoms. The first-order valence-electron chi connectivity index (χ1n) is 4.86. The normalized spacial score (nSPS) is 17.8. The minimum atomic E-state index is -0.147. The van der Waals surface area contributed by atoms with E-state index in [1.54, 1.807) is 12.4 Å². The number of hydrogen-bond donors (Lipinski definition) is 3. The molecule has 76 valence electrons. The van der Waals surface area contributed by atoms with Gasteiger partial charge >= 0.3 is 0 Å². The van der Waals surface area contributed by atoms with Crippen LogP contribution in [0.2, 0.25) is 0 Å². The maximum absolute atomic E-state index is 11.8. The second kappa shape index (κ2) is 3.46. The lowest BCUT2D eigenvalue weighted by Gasteiger charge is -2.13. The average Bonchev–Trinajstić information content (AvgIpc) is 2.77. The highest BCUT2D eigenvalue weighted by atomic mass is 16.2. The van der Waals surface area contributed by atoms with Gasteiger partial charge < -0.3 is 15.6 Å². The van der Waals surface area contributed by atoms with Gasteiger partial charge in [-0.1, -0.05) is 0 Å². The van der Waals surface area contributed by atoms with Crippen LogP contribution in [0.15, 0.2) is 18.5 Å². The molecule has 1 amide bonds. The number of hydrogen-bond acceptors (Lipinski definition) is 2. The fraction of sp³-hybridized carbons (Fsp3) is 0.500. The van der Waals surface area contributed by atoms with Gasteiger partial charge in [0.05, 0.1) is 11.1 Å². The molecule has 0 aromatic carbocycles. The largest absolute Gasteiger partial charge is 0.366 e. The van der Waals surface area contributed by atoms with Gasteiger partial charge in [0.25, 0.3) is 0 Å². The molecule has 2 rings (SSSR count). The van der Waals surface area contributed by atoms with Crippen molar-refractivity contribution in [2.75, 3.05) is 18.9 Å². The third kappa shape index (κ3) is 1.65. The van der Waals surface area contributed by atoms with Crippen LogP contribution in [0, 0.1) is 5.41 Å². The van der Waals surface area contributed by atoms with Gasteiger partial charge in [0.2, 0.25) is 5.91 Å². The van der Waals surface area contributed by atoms with E-state index in [4.69, 9.17) is 0 Å². The quantitative estimate of drug-likeness (QED) is 0.667. The van der Waals surface area contributed by atoms with Crippen molar-refractivity contribution in [1.29, 1.82) is 0 Å². The summed E-state index contributed by atoms with van der Waals surface area (Å²) in [4.78, 5) is 14.7. The summed E-state index contributed by atoms with van der Waals surface area (Å²) in [5, 5.41) is 5.96. The second-order valence-electron chi connectivity index (χ2n) is 3.86. The highest BCUT2D eigenvalue weighted by Gasteiger charge is 2.49. The second-order valence-corrected chi connectivity index (χ2v) is 3.86. The lowest BCUT2D eigenvalue weighted by atomic mass is 10.1. The molecule has 14 heavy (non-hydrogen) atoms. The van der Waals surface area contributed by atoms with Crippen LogP contribution >= 0.6 is 0 Å². The zero-order valence-corrected chi connectivity index (χ0v) is 8.26. The fourth-order valence-corrected chi connectivity index (χ4v) is 1.64. The summed E-state index contributed by atoms with van der Waals surface area (Å²) >= 11 is 0.